The molecule has 0 saturated heterocycles. The van der Waals surface area contributed by atoms with E-state index in [2.05, 4.69) is 0 Å². The van der Waals surface area contributed by atoms with Crippen molar-refractivity contribution in [3.05, 3.63) is 64.2 Å². The van der Waals surface area contributed by atoms with Crippen molar-refractivity contribution >= 4 is 23.3 Å². The molecular weight excluding hydrogens is 276 g/mol. The van der Waals surface area contributed by atoms with Gasteiger partial charge in [0.05, 0.1) is 27.9 Å². The van der Waals surface area contributed by atoms with Crippen molar-refractivity contribution in [1.29, 1.82) is 5.26 Å². The molecule has 0 unspecified atom stereocenters. The lowest BCUT2D eigenvalue weighted by molar-refractivity contribution is 0.0473. The van der Waals surface area contributed by atoms with Gasteiger partial charge in [-0.25, -0.2) is 4.79 Å². The normalized spacial score (nSPS) is 9.80. The number of nitriles is 1. The number of ether oxygens (including phenoxy) is 1. The molecule has 0 aromatic heterocycles. The van der Waals surface area contributed by atoms with Crippen LogP contribution >= 0.6 is 11.6 Å². The van der Waals surface area contributed by atoms with E-state index in [1.54, 1.807) is 36.4 Å². The maximum absolute atomic E-state index is 11.8. The first-order valence-electron chi connectivity index (χ1n) is 5.81. The molecule has 0 aliphatic rings. The summed E-state index contributed by atoms with van der Waals surface area (Å²) in [5.74, 6) is -0.476. The number of hydrogen-bond acceptors (Lipinski definition) is 4. The van der Waals surface area contributed by atoms with Crippen molar-refractivity contribution in [2.24, 2.45) is 0 Å². The quantitative estimate of drug-likeness (QED) is 0.694. The van der Waals surface area contributed by atoms with Gasteiger partial charge in [0, 0.05) is 0 Å². The number of benzene rings is 2. The minimum atomic E-state index is -0.476. The number of nitrogen functional groups attached to an aromatic ring is 1. The van der Waals surface area contributed by atoms with Crippen LogP contribution in [0.3, 0.4) is 0 Å². The Kier molecular flexibility index (Phi) is 4.24. The number of hydrogen-bond donors (Lipinski definition) is 1. The molecule has 0 saturated carbocycles. The van der Waals surface area contributed by atoms with Gasteiger partial charge in [-0.15, -0.1) is 0 Å². The fraction of sp³-hybridized carbons (Fsp3) is 0.0667. The summed E-state index contributed by atoms with van der Waals surface area (Å²) >= 11 is 5.85. The van der Waals surface area contributed by atoms with E-state index in [-0.39, 0.29) is 6.61 Å². The number of carbonyl (C=O) groups excluding carboxylic acids is 1. The Labute approximate surface area is 121 Å². The van der Waals surface area contributed by atoms with Crippen molar-refractivity contribution in [1.82, 2.24) is 0 Å². The summed E-state index contributed by atoms with van der Waals surface area (Å²) in [5, 5.41) is 9.00. The van der Waals surface area contributed by atoms with Crippen LogP contribution in [0.1, 0.15) is 21.5 Å². The molecule has 0 spiro atoms. The largest absolute Gasteiger partial charge is 0.457 e. The number of nitrogens with zero attached hydrogens (tertiary/aromatic N) is 1. The highest BCUT2D eigenvalue weighted by Gasteiger charge is 2.09. The van der Waals surface area contributed by atoms with E-state index in [1.165, 1.54) is 6.07 Å². The van der Waals surface area contributed by atoms with Gasteiger partial charge in [-0.2, -0.15) is 5.26 Å². The van der Waals surface area contributed by atoms with Crippen molar-refractivity contribution in [2.75, 3.05) is 5.73 Å². The molecule has 5 heteroatoms. The van der Waals surface area contributed by atoms with Crippen molar-refractivity contribution in [2.45, 2.75) is 6.61 Å². The summed E-state index contributed by atoms with van der Waals surface area (Å²) in [4.78, 5) is 11.8. The summed E-state index contributed by atoms with van der Waals surface area (Å²) < 4.78 is 5.16. The van der Waals surface area contributed by atoms with E-state index in [0.717, 1.165) is 5.56 Å². The van der Waals surface area contributed by atoms with Crippen LogP contribution in [0.25, 0.3) is 0 Å². The third-order valence-corrected chi connectivity index (χ3v) is 3.02. The van der Waals surface area contributed by atoms with E-state index in [0.29, 0.717) is 21.8 Å². The summed E-state index contributed by atoms with van der Waals surface area (Å²) in [5.41, 5.74) is 7.69. The highest BCUT2D eigenvalue weighted by atomic mass is 35.5. The van der Waals surface area contributed by atoms with E-state index in [1.807, 2.05) is 6.07 Å². The van der Waals surface area contributed by atoms with Crippen LogP contribution in [0, 0.1) is 11.3 Å². The summed E-state index contributed by atoms with van der Waals surface area (Å²) in [7, 11) is 0. The Morgan fingerprint density at radius 2 is 1.95 bits per heavy atom. The molecule has 0 atom stereocenters. The van der Waals surface area contributed by atoms with Crippen LogP contribution < -0.4 is 5.73 Å². The highest BCUT2D eigenvalue weighted by molar-refractivity contribution is 6.33. The van der Waals surface area contributed by atoms with E-state index < -0.39 is 5.97 Å². The number of esters is 1. The molecule has 4 nitrogen and oxygen atoms in total. The third kappa shape index (κ3) is 3.28. The predicted octanol–water partition coefficient (Wildman–Crippen LogP) is 3.15. The SMILES string of the molecule is N#Cc1ccc(COC(=O)c2ccc(N)c(Cl)c2)cc1. The summed E-state index contributed by atoms with van der Waals surface area (Å²) in [6.07, 6.45) is 0. The number of carbonyl (C=O) groups is 1. The molecule has 0 radical (unpaired) electrons. The molecule has 100 valence electrons. The Balaban J connectivity index is 2.01. The molecule has 0 heterocycles. The number of halogens is 1. The topological polar surface area (TPSA) is 76.1 Å². The standard InChI is InChI=1S/C15H11ClN2O2/c16-13-7-12(5-6-14(13)18)15(19)20-9-11-3-1-10(8-17)2-4-11/h1-7H,9,18H2. The maximum Gasteiger partial charge on any atom is 0.338 e. The van der Waals surface area contributed by atoms with Crippen LogP contribution in [0.4, 0.5) is 5.69 Å². The second kappa shape index (κ2) is 6.09. The van der Waals surface area contributed by atoms with Crippen LogP contribution in [0.5, 0.6) is 0 Å². The second-order valence-electron chi connectivity index (χ2n) is 4.12. The van der Waals surface area contributed by atoms with Gasteiger partial charge in [0.25, 0.3) is 0 Å². The highest BCUT2D eigenvalue weighted by Crippen LogP contribution is 2.20. The van der Waals surface area contributed by atoms with Gasteiger partial charge in [0.1, 0.15) is 6.61 Å². The van der Waals surface area contributed by atoms with Gasteiger partial charge in [-0.3, -0.25) is 0 Å². The molecule has 2 N–H and O–H groups in total. The van der Waals surface area contributed by atoms with E-state index in [4.69, 9.17) is 27.3 Å². The maximum atomic E-state index is 11.8. The number of nitrogens with two attached hydrogens (primary N) is 1. The fourth-order valence-corrected chi connectivity index (χ4v) is 1.74. The minimum absolute atomic E-state index is 0.131. The molecule has 0 amide bonds. The first-order valence-corrected chi connectivity index (χ1v) is 6.19. The first-order chi connectivity index (χ1) is 9.60. The zero-order valence-corrected chi connectivity index (χ0v) is 11.2. The molecule has 0 fully saturated rings. The lowest BCUT2D eigenvalue weighted by atomic mass is 10.1. The molecule has 2 aromatic carbocycles. The van der Waals surface area contributed by atoms with Gasteiger partial charge >= 0.3 is 5.97 Å². The summed E-state index contributed by atoms with van der Waals surface area (Å²) in [6.45, 7) is 0.131. The molecule has 0 aliphatic carbocycles. The minimum Gasteiger partial charge on any atom is -0.457 e. The van der Waals surface area contributed by atoms with Gasteiger partial charge in [-0.05, 0) is 35.9 Å². The Morgan fingerprint density at radius 3 is 2.55 bits per heavy atom. The van der Waals surface area contributed by atoms with E-state index >= 15 is 0 Å². The van der Waals surface area contributed by atoms with Crippen LogP contribution in [-0.4, -0.2) is 5.97 Å². The fourth-order valence-electron chi connectivity index (χ4n) is 1.56. The average Bonchev–Trinajstić information content (AvgIpc) is 2.48. The van der Waals surface area contributed by atoms with E-state index in [9.17, 15) is 4.79 Å². The zero-order chi connectivity index (χ0) is 14.5. The van der Waals surface area contributed by atoms with Gasteiger partial charge in [-0.1, -0.05) is 23.7 Å². The molecule has 2 rings (SSSR count). The third-order valence-electron chi connectivity index (χ3n) is 2.69. The second-order valence-corrected chi connectivity index (χ2v) is 4.53. The predicted molar refractivity (Wildman–Crippen MR) is 76.1 cm³/mol. The van der Waals surface area contributed by atoms with Gasteiger partial charge in [0.2, 0.25) is 0 Å². The number of rotatable bonds is 3. The van der Waals surface area contributed by atoms with Gasteiger partial charge in [0.15, 0.2) is 0 Å². The average molecular weight is 287 g/mol. The van der Waals surface area contributed by atoms with Crippen LogP contribution in [0.2, 0.25) is 5.02 Å². The van der Waals surface area contributed by atoms with Crippen LogP contribution in [-0.2, 0) is 11.3 Å². The van der Waals surface area contributed by atoms with Crippen LogP contribution in [0.15, 0.2) is 42.5 Å². The first kappa shape index (κ1) is 13.9. The Bertz CT molecular complexity index is 675. The monoisotopic (exact) mass is 286 g/mol. The summed E-state index contributed by atoms with van der Waals surface area (Å²) in [6, 6.07) is 13.4. The lowest BCUT2D eigenvalue weighted by Gasteiger charge is -2.06. The zero-order valence-electron chi connectivity index (χ0n) is 10.5. The van der Waals surface area contributed by atoms with Crippen molar-refractivity contribution in [3.63, 3.8) is 0 Å². The molecule has 0 bridgehead atoms. The van der Waals surface area contributed by atoms with Crippen molar-refractivity contribution in [3.8, 4) is 6.07 Å². The Morgan fingerprint density at radius 1 is 1.25 bits per heavy atom. The molecule has 0 aliphatic heterocycles. The number of anilines is 1. The smallest absolute Gasteiger partial charge is 0.338 e. The Hall–Kier alpha value is -2.51. The molecule has 20 heavy (non-hydrogen) atoms. The van der Waals surface area contributed by atoms with Gasteiger partial charge < -0.3 is 10.5 Å². The molecular formula is C15H11ClN2O2. The lowest BCUT2D eigenvalue weighted by Crippen LogP contribution is -2.05. The van der Waals surface area contributed by atoms with Crippen molar-refractivity contribution < 1.29 is 9.53 Å². The molecule has 2 aromatic rings.